The molecule has 0 aliphatic heterocycles. The van der Waals surface area contributed by atoms with Gasteiger partial charge in [-0.05, 0) is 125 Å². The van der Waals surface area contributed by atoms with E-state index in [1.807, 2.05) is 11.3 Å². The molecule has 4 heteroatoms. The first kappa shape index (κ1) is 39.6. The molecule has 0 aliphatic rings. The van der Waals surface area contributed by atoms with E-state index in [2.05, 4.69) is 275 Å². The van der Waals surface area contributed by atoms with Crippen molar-refractivity contribution < 1.29 is 0 Å². The van der Waals surface area contributed by atoms with Crippen molar-refractivity contribution in [1.29, 1.82) is 0 Å². The third-order valence-corrected chi connectivity index (χ3v) is 14.5. The minimum absolute atomic E-state index is 1.05. The Bertz CT molecular complexity index is 3920. The van der Waals surface area contributed by atoms with Gasteiger partial charge in [0.25, 0.3) is 0 Å². The molecule has 3 nitrogen and oxygen atoms in total. The molecule has 0 bridgehead atoms. The normalized spacial score (nSPS) is 11.5. The van der Waals surface area contributed by atoms with Crippen LogP contribution in [0.3, 0.4) is 0 Å². The van der Waals surface area contributed by atoms with Gasteiger partial charge in [-0.15, -0.1) is 11.3 Å². The van der Waals surface area contributed by atoms with E-state index in [9.17, 15) is 0 Å². The highest BCUT2D eigenvalue weighted by Gasteiger charge is 2.25. The number of anilines is 6. The molecule has 2 heterocycles. The van der Waals surface area contributed by atoms with Crippen LogP contribution in [0.4, 0.5) is 34.1 Å². The highest BCUT2D eigenvalue weighted by atomic mass is 32.1. The Labute approximate surface area is 399 Å². The number of rotatable bonds is 9. The highest BCUT2D eigenvalue weighted by Crippen LogP contribution is 2.51. The molecule has 0 saturated heterocycles. The Hall–Kier alpha value is -8.70. The first-order valence-electron chi connectivity index (χ1n) is 23.2. The monoisotopic (exact) mass is 885 g/mol. The molecule has 0 amide bonds. The van der Waals surface area contributed by atoms with Gasteiger partial charge in [-0.2, -0.15) is 0 Å². The van der Waals surface area contributed by atoms with Crippen LogP contribution in [0.1, 0.15) is 0 Å². The molecule has 320 valence electrons. The summed E-state index contributed by atoms with van der Waals surface area (Å²) in [5, 5.41) is 7.50. The minimum atomic E-state index is 1.05. The number of para-hydroxylation sites is 4. The maximum atomic E-state index is 2.51. The number of benzene rings is 11. The van der Waals surface area contributed by atoms with Crippen molar-refractivity contribution in [2.45, 2.75) is 0 Å². The molecule has 13 rings (SSSR count). The van der Waals surface area contributed by atoms with Gasteiger partial charge in [0, 0.05) is 76.3 Å². The van der Waals surface area contributed by atoms with E-state index in [0.717, 1.165) is 50.9 Å². The molecule has 13 aromatic rings. The van der Waals surface area contributed by atoms with Gasteiger partial charge >= 0.3 is 0 Å². The predicted octanol–water partition coefficient (Wildman–Crippen LogP) is 18.6. The summed E-state index contributed by atoms with van der Waals surface area (Å²) in [5.41, 5.74) is 14.7. The van der Waals surface area contributed by atoms with E-state index in [4.69, 9.17) is 0 Å². The van der Waals surface area contributed by atoms with Crippen LogP contribution in [0.2, 0.25) is 0 Å². The minimum Gasteiger partial charge on any atom is -0.310 e. The summed E-state index contributed by atoms with van der Waals surface area (Å²) in [6, 6.07) is 94.9. The van der Waals surface area contributed by atoms with Crippen molar-refractivity contribution in [2.24, 2.45) is 0 Å². The third kappa shape index (κ3) is 6.73. The van der Waals surface area contributed by atoms with Crippen LogP contribution in [-0.4, -0.2) is 4.57 Å². The number of thiophene rings is 1. The van der Waals surface area contributed by atoms with Crippen molar-refractivity contribution >= 4 is 98.2 Å². The summed E-state index contributed by atoms with van der Waals surface area (Å²) in [5.74, 6) is 0. The zero-order chi connectivity index (χ0) is 45.0. The average molecular weight is 886 g/mol. The van der Waals surface area contributed by atoms with Crippen LogP contribution in [-0.2, 0) is 0 Å². The first-order chi connectivity index (χ1) is 33.7. The summed E-state index contributed by atoms with van der Waals surface area (Å²) in [6.07, 6.45) is 0. The topological polar surface area (TPSA) is 11.4 Å². The van der Waals surface area contributed by atoms with E-state index in [1.165, 1.54) is 63.9 Å². The van der Waals surface area contributed by atoms with Crippen LogP contribution < -0.4 is 9.80 Å². The number of fused-ring (bicyclic) bond motifs is 9. The molecule has 11 aromatic carbocycles. The predicted molar refractivity (Wildman–Crippen MR) is 291 cm³/mol. The van der Waals surface area contributed by atoms with Crippen molar-refractivity contribution in [3.63, 3.8) is 0 Å². The summed E-state index contributed by atoms with van der Waals surface area (Å²) >= 11 is 1.89. The van der Waals surface area contributed by atoms with E-state index in [1.54, 1.807) is 0 Å². The van der Waals surface area contributed by atoms with E-state index < -0.39 is 0 Å². The van der Waals surface area contributed by atoms with E-state index in [0.29, 0.717) is 0 Å². The van der Waals surface area contributed by atoms with Crippen LogP contribution >= 0.6 is 11.3 Å². The third-order valence-electron chi connectivity index (χ3n) is 13.3. The Morgan fingerprint density at radius 1 is 0.324 bits per heavy atom. The SMILES string of the molecule is c1ccc(-c2cccc(N(c3ccccc3)c3cc(-c4cc5c6c7ccccc7ccc6n(-c6ccccc6)c5c5c4sc4ccccc45)cc(N(c4ccccc4)c4ccccc4)c3)c2)cc1. The van der Waals surface area contributed by atoms with Crippen LogP contribution in [0, 0.1) is 0 Å². The molecule has 0 aliphatic carbocycles. The molecule has 68 heavy (non-hydrogen) atoms. The molecular formula is C64H43N3S. The summed E-state index contributed by atoms with van der Waals surface area (Å²) in [6.45, 7) is 0. The van der Waals surface area contributed by atoms with Crippen LogP contribution in [0.5, 0.6) is 0 Å². The van der Waals surface area contributed by atoms with Gasteiger partial charge in [-0.25, -0.2) is 0 Å². The lowest BCUT2D eigenvalue weighted by atomic mass is 9.96. The lowest BCUT2D eigenvalue weighted by Crippen LogP contribution is -2.13. The Morgan fingerprint density at radius 3 is 1.50 bits per heavy atom. The number of hydrogen-bond acceptors (Lipinski definition) is 3. The molecule has 2 aromatic heterocycles. The number of hydrogen-bond donors (Lipinski definition) is 0. The standard InChI is InChI=1S/C64H43N3S/c1-6-21-44(22-7-1)46-24-20-33-52(39-46)66(50-29-12-4-13-30-50)54-41-47(40-53(42-54)65(48-25-8-2-9-26-48)49-27-10-3-11-28-49)57-43-58-61-55-34-17-16-23-45(55)37-38-59(61)67(51-31-14-5-15-32-51)63(58)62-56-35-18-19-36-60(56)68-64(57)62/h1-43H. The van der Waals surface area contributed by atoms with Gasteiger partial charge in [0.1, 0.15) is 0 Å². The molecule has 0 spiro atoms. The lowest BCUT2D eigenvalue weighted by molar-refractivity contribution is 1.19. The largest absolute Gasteiger partial charge is 0.310 e. The van der Waals surface area contributed by atoms with Gasteiger partial charge in [-0.1, -0.05) is 164 Å². The molecular weight excluding hydrogens is 843 g/mol. The smallest absolute Gasteiger partial charge is 0.0634 e. The fourth-order valence-corrected chi connectivity index (χ4v) is 11.5. The summed E-state index contributed by atoms with van der Waals surface area (Å²) < 4.78 is 5.03. The fourth-order valence-electron chi connectivity index (χ4n) is 10.3. The van der Waals surface area contributed by atoms with Crippen molar-refractivity contribution in [2.75, 3.05) is 9.80 Å². The van der Waals surface area contributed by atoms with Gasteiger partial charge in [-0.3, -0.25) is 0 Å². The Morgan fingerprint density at radius 2 is 0.838 bits per heavy atom. The molecule has 0 unspecified atom stereocenters. The maximum absolute atomic E-state index is 2.51. The second-order valence-electron chi connectivity index (χ2n) is 17.3. The second kappa shape index (κ2) is 16.6. The van der Waals surface area contributed by atoms with E-state index in [-0.39, 0.29) is 0 Å². The fraction of sp³-hybridized carbons (Fsp3) is 0. The Kier molecular flexibility index (Phi) is 9.69. The molecule has 0 fully saturated rings. The first-order valence-corrected chi connectivity index (χ1v) is 24.0. The van der Waals surface area contributed by atoms with Crippen molar-refractivity contribution in [3.8, 4) is 27.9 Å². The average Bonchev–Trinajstić information content (AvgIpc) is 3.96. The number of aromatic nitrogens is 1. The van der Waals surface area contributed by atoms with Crippen LogP contribution in [0.25, 0.3) is 80.7 Å². The van der Waals surface area contributed by atoms with Crippen molar-refractivity contribution in [3.05, 3.63) is 261 Å². The van der Waals surface area contributed by atoms with E-state index >= 15 is 0 Å². The van der Waals surface area contributed by atoms with Crippen LogP contribution in [0.15, 0.2) is 261 Å². The molecule has 0 N–H and O–H groups in total. The Balaban J connectivity index is 1.17. The second-order valence-corrected chi connectivity index (χ2v) is 18.4. The highest BCUT2D eigenvalue weighted by molar-refractivity contribution is 7.26. The van der Waals surface area contributed by atoms with Gasteiger partial charge in [0.2, 0.25) is 0 Å². The molecule has 0 radical (unpaired) electrons. The summed E-state index contributed by atoms with van der Waals surface area (Å²) in [4.78, 5) is 4.81. The van der Waals surface area contributed by atoms with Crippen molar-refractivity contribution in [1.82, 2.24) is 4.57 Å². The van der Waals surface area contributed by atoms with Gasteiger partial charge in [0.15, 0.2) is 0 Å². The zero-order valence-electron chi connectivity index (χ0n) is 37.1. The zero-order valence-corrected chi connectivity index (χ0v) is 37.9. The quantitative estimate of drug-likeness (QED) is 0.143. The maximum Gasteiger partial charge on any atom is 0.0634 e. The number of nitrogens with zero attached hydrogens (tertiary/aromatic N) is 3. The lowest BCUT2D eigenvalue weighted by Gasteiger charge is -2.30. The molecule has 0 saturated carbocycles. The summed E-state index contributed by atoms with van der Waals surface area (Å²) in [7, 11) is 0. The van der Waals surface area contributed by atoms with Gasteiger partial charge in [0.05, 0.1) is 11.0 Å². The molecule has 0 atom stereocenters. The van der Waals surface area contributed by atoms with Gasteiger partial charge < -0.3 is 14.4 Å².